The number of nitrogens with zero attached hydrogens (tertiary/aromatic N) is 1. The molecule has 2 heterocycles. The van der Waals surface area contributed by atoms with E-state index in [2.05, 4.69) is 30.2 Å². The second-order valence-electron chi connectivity index (χ2n) is 11.6. The lowest BCUT2D eigenvalue weighted by Crippen LogP contribution is -3.00. The van der Waals surface area contributed by atoms with E-state index < -0.39 is 16.9 Å². The van der Waals surface area contributed by atoms with Gasteiger partial charge < -0.3 is 37.8 Å². The lowest BCUT2D eigenvalue weighted by Gasteiger charge is -2.65. The smallest absolute Gasteiger partial charge is 0.252 e. The number of para-hydroxylation sites is 1. The Hall–Kier alpha value is -2.54. The number of piperidine rings is 1. The number of primary amides is 1. The number of hydrogen-bond acceptors (Lipinski definition) is 3. The molecule has 7 heteroatoms. The van der Waals surface area contributed by atoms with Gasteiger partial charge in [-0.25, -0.2) is 0 Å². The van der Waals surface area contributed by atoms with Gasteiger partial charge in [-0.3, -0.25) is 4.79 Å². The molecule has 5 N–H and O–H groups in total. The zero-order valence-electron chi connectivity index (χ0n) is 20.0. The molecule has 0 spiro atoms. The SMILES string of the molecule is C[N@@+]1(CC2CC2)CCC23Cc4[nH]c5ccccc5c4C[C@@]2(O)C1Cc1ccc(C(N)=O)c(O)c13.[Cl-]. The fraction of sp³-hybridized carbons (Fsp3) is 0.464. The number of quaternary nitrogens is 1. The number of nitrogens with one attached hydrogen (secondary N) is 1. The van der Waals surface area contributed by atoms with Crippen LogP contribution >= 0.6 is 0 Å². The summed E-state index contributed by atoms with van der Waals surface area (Å²) >= 11 is 0. The molecule has 2 bridgehead atoms. The summed E-state index contributed by atoms with van der Waals surface area (Å²) < 4.78 is 0.873. The van der Waals surface area contributed by atoms with Crippen LogP contribution in [0.25, 0.3) is 10.9 Å². The summed E-state index contributed by atoms with van der Waals surface area (Å²) in [6.07, 6.45) is 5.21. The topological polar surface area (TPSA) is 99.3 Å². The highest BCUT2D eigenvalue weighted by Crippen LogP contribution is 2.61. The molecule has 1 amide bonds. The van der Waals surface area contributed by atoms with Crippen molar-refractivity contribution in [3.63, 3.8) is 0 Å². The van der Waals surface area contributed by atoms with E-state index in [0.717, 1.165) is 52.2 Å². The standard InChI is InChI=1S/C28H31N3O3.ClH/c1-31(15-16-6-7-16)11-10-27-14-22-20(18-4-2-3-5-21(18)30-22)13-28(27,34)23(31)12-17-8-9-19(26(29)33)25(32)24(17)27;/h2-5,8-9,16,23,30,34H,6-7,10-15H2,1H3,(H2-,29,32,33);1H/t23?,27?,28-,31+;/m1./s1. The zero-order chi connectivity index (χ0) is 23.5. The molecule has 2 unspecified atom stereocenters. The van der Waals surface area contributed by atoms with Gasteiger partial charge in [0.2, 0.25) is 0 Å². The molecule has 6 nitrogen and oxygen atoms in total. The fourth-order valence-corrected chi connectivity index (χ4v) is 8.03. The van der Waals surface area contributed by atoms with E-state index in [0.29, 0.717) is 19.3 Å². The van der Waals surface area contributed by atoms with Crippen molar-refractivity contribution in [2.45, 2.75) is 55.6 Å². The monoisotopic (exact) mass is 493 g/mol. The van der Waals surface area contributed by atoms with Crippen LogP contribution in [0.1, 0.15) is 52.0 Å². The van der Waals surface area contributed by atoms with Crippen LogP contribution in [0.4, 0.5) is 0 Å². The molecular weight excluding hydrogens is 462 g/mol. The number of rotatable bonds is 3. The summed E-state index contributed by atoms with van der Waals surface area (Å²) in [5.74, 6) is 0.0924. The van der Waals surface area contributed by atoms with Crippen LogP contribution in [0.2, 0.25) is 0 Å². The van der Waals surface area contributed by atoms with Gasteiger partial charge in [0, 0.05) is 59.2 Å². The average molecular weight is 494 g/mol. The summed E-state index contributed by atoms with van der Waals surface area (Å²) in [6.45, 7) is 2.06. The van der Waals surface area contributed by atoms with Gasteiger partial charge in [-0.2, -0.15) is 0 Å². The summed E-state index contributed by atoms with van der Waals surface area (Å²) in [4.78, 5) is 15.8. The van der Waals surface area contributed by atoms with E-state index in [1.807, 2.05) is 12.1 Å². The molecule has 1 aliphatic heterocycles. The maximum atomic E-state index is 12.9. The van der Waals surface area contributed by atoms with Crippen molar-refractivity contribution < 1.29 is 31.9 Å². The highest BCUT2D eigenvalue weighted by atomic mass is 35.5. The van der Waals surface area contributed by atoms with Crippen LogP contribution in [0.5, 0.6) is 5.75 Å². The number of benzene rings is 2. The van der Waals surface area contributed by atoms with Crippen molar-refractivity contribution in [1.29, 1.82) is 0 Å². The van der Waals surface area contributed by atoms with E-state index in [4.69, 9.17) is 5.73 Å². The first kappa shape index (κ1) is 22.9. The lowest BCUT2D eigenvalue weighted by atomic mass is 9.48. The van der Waals surface area contributed by atoms with Crippen molar-refractivity contribution in [2.24, 2.45) is 11.7 Å². The number of phenols is 1. The minimum Gasteiger partial charge on any atom is -1.00 e. The van der Waals surface area contributed by atoms with E-state index in [9.17, 15) is 15.0 Å². The third-order valence-electron chi connectivity index (χ3n) is 9.80. The quantitative estimate of drug-likeness (QED) is 0.384. The van der Waals surface area contributed by atoms with Gasteiger partial charge in [0.1, 0.15) is 17.4 Å². The number of halogens is 1. The maximum absolute atomic E-state index is 12.9. The second-order valence-corrected chi connectivity index (χ2v) is 11.6. The number of carbonyl (C=O) groups is 1. The second kappa shape index (κ2) is 7.25. The van der Waals surface area contributed by atoms with Gasteiger partial charge in [-0.05, 0) is 36.1 Å². The van der Waals surface area contributed by atoms with Crippen LogP contribution in [-0.2, 0) is 24.7 Å². The predicted octanol–water partition coefficient (Wildman–Crippen LogP) is -0.0709. The molecule has 184 valence electrons. The molecule has 1 saturated heterocycles. The number of fused-ring (bicyclic) bond motifs is 4. The van der Waals surface area contributed by atoms with Gasteiger partial charge in [0.25, 0.3) is 5.91 Å². The molecule has 1 aromatic heterocycles. The van der Waals surface area contributed by atoms with Crippen LogP contribution in [0, 0.1) is 5.92 Å². The normalized spacial score (nSPS) is 32.8. The molecule has 2 aromatic carbocycles. The number of likely N-dealkylation sites (N-methyl/N-ethyl adjacent to an activating group) is 1. The molecule has 35 heavy (non-hydrogen) atoms. The van der Waals surface area contributed by atoms with E-state index in [-0.39, 0.29) is 29.8 Å². The minimum atomic E-state index is -1.02. The number of likely N-dealkylation sites (tertiary alicyclic amines) is 1. The Balaban J connectivity index is 0.00000229. The third-order valence-corrected chi connectivity index (χ3v) is 9.80. The molecule has 7 rings (SSSR count). The average Bonchev–Trinajstić information content (AvgIpc) is 3.53. The largest absolute Gasteiger partial charge is 1.00 e. The molecule has 4 aliphatic rings. The van der Waals surface area contributed by atoms with Gasteiger partial charge >= 0.3 is 0 Å². The Bertz CT molecular complexity index is 1380. The first-order valence-corrected chi connectivity index (χ1v) is 12.6. The Morgan fingerprint density at radius 2 is 1.97 bits per heavy atom. The van der Waals surface area contributed by atoms with Crippen molar-refractivity contribution in [2.75, 3.05) is 20.1 Å². The number of H-pyrrole nitrogens is 1. The first-order chi connectivity index (χ1) is 16.3. The summed E-state index contributed by atoms with van der Waals surface area (Å²) in [6, 6.07) is 12.0. The van der Waals surface area contributed by atoms with E-state index in [1.165, 1.54) is 23.8 Å². The summed E-state index contributed by atoms with van der Waals surface area (Å²) in [5.41, 5.74) is 9.35. The fourth-order valence-electron chi connectivity index (χ4n) is 8.03. The number of aromatic nitrogens is 1. The van der Waals surface area contributed by atoms with Crippen LogP contribution in [-0.4, -0.2) is 57.4 Å². The van der Waals surface area contributed by atoms with Crippen molar-refractivity contribution in [3.05, 3.63) is 64.3 Å². The maximum Gasteiger partial charge on any atom is 0.252 e. The van der Waals surface area contributed by atoms with Crippen molar-refractivity contribution in [1.82, 2.24) is 4.98 Å². The van der Waals surface area contributed by atoms with Crippen LogP contribution in [0.3, 0.4) is 0 Å². The van der Waals surface area contributed by atoms with Gasteiger partial charge in [0.15, 0.2) is 0 Å². The zero-order valence-corrected chi connectivity index (χ0v) is 20.7. The number of amides is 1. The van der Waals surface area contributed by atoms with Crippen molar-refractivity contribution >= 4 is 16.8 Å². The third kappa shape index (κ3) is 2.87. The number of carbonyl (C=O) groups excluding carboxylic acids is 1. The molecule has 1 saturated carbocycles. The van der Waals surface area contributed by atoms with Crippen LogP contribution in [0.15, 0.2) is 36.4 Å². The highest BCUT2D eigenvalue weighted by molar-refractivity contribution is 5.96. The Morgan fingerprint density at radius 3 is 2.71 bits per heavy atom. The number of aromatic hydroxyl groups is 1. The Kier molecular flexibility index (Phi) is 4.74. The minimum absolute atomic E-state index is 0. The molecule has 2 fully saturated rings. The van der Waals surface area contributed by atoms with E-state index in [1.54, 1.807) is 6.07 Å². The highest BCUT2D eigenvalue weighted by Gasteiger charge is 2.70. The predicted molar refractivity (Wildman–Crippen MR) is 130 cm³/mol. The number of hydrogen-bond donors (Lipinski definition) is 4. The Labute approximate surface area is 211 Å². The van der Waals surface area contributed by atoms with Gasteiger partial charge in [-0.1, -0.05) is 24.3 Å². The lowest BCUT2D eigenvalue weighted by molar-refractivity contribution is -0.950. The van der Waals surface area contributed by atoms with E-state index >= 15 is 0 Å². The molecule has 3 aromatic rings. The van der Waals surface area contributed by atoms with Gasteiger partial charge in [-0.15, -0.1) is 0 Å². The molecule has 3 aliphatic carbocycles. The number of aliphatic hydroxyl groups is 1. The Morgan fingerprint density at radius 1 is 1.20 bits per heavy atom. The first-order valence-electron chi connectivity index (χ1n) is 12.6. The molecular formula is C28H32ClN3O3. The number of nitrogens with two attached hydrogens (primary N) is 1. The van der Waals surface area contributed by atoms with Crippen LogP contribution < -0.4 is 18.1 Å². The molecule has 0 radical (unpaired) electrons. The summed E-state index contributed by atoms with van der Waals surface area (Å²) in [5, 5.41) is 25.5. The number of aromatic amines is 1. The van der Waals surface area contributed by atoms with Gasteiger partial charge in [0.05, 0.1) is 25.7 Å². The summed E-state index contributed by atoms with van der Waals surface area (Å²) in [7, 11) is 2.33. The molecule has 4 atom stereocenters. The van der Waals surface area contributed by atoms with Crippen molar-refractivity contribution in [3.8, 4) is 5.75 Å².